The molecule has 0 aliphatic rings. The normalized spacial score (nSPS) is 12.4. The van der Waals surface area contributed by atoms with Crippen LogP contribution in [0.2, 0.25) is 5.02 Å². The lowest BCUT2D eigenvalue weighted by atomic mass is 9.96. The molecule has 88 valence electrons. The molecule has 0 aliphatic heterocycles. The van der Waals surface area contributed by atoms with Crippen LogP contribution in [0.1, 0.15) is 17.9 Å². The van der Waals surface area contributed by atoms with Crippen LogP contribution >= 0.6 is 11.6 Å². The van der Waals surface area contributed by atoms with Crippen LogP contribution in [0.4, 0.5) is 4.39 Å². The molecular formula is C11H13ClFNO2. The molecular weight excluding hydrogens is 233 g/mol. The monoisotopic (exact) mass is 245 g/mol. The second-order valence-corrected chi connectivity index (χ2v) is 3.86. The highest BCUT2D eigenvalue weighted by Gasteiger charge is 2.20. The van der Waals surface area contributed by atoms with E-state index < -0.39 is 17.7 Å². The van der Waals surface area contributed by atoms with Crippen LogP contribution in [0.5, 0.6) is 0 Å². The summed E-state index contributed by atoms with van der Waals surface area (Å²) in [5, 5.41) is 11.9. The second kappa shape index (κ2) is 5.82. The third-order valence-corrected chi connectivity index (χ3v) is 2.62. The standard InChI is InChI=1S/C11H13ClFNO2/c1-14-5-4-8(11(15)16)7-2-3-10(13)9(12)6-7/h2-3,6,8,14H,4-5H2,1H3,(H,15,16). The summed E-state index contributed by atoms with van der Waals surface area (Å²) in [6.45, 7) is 0.575. The number of carbonyl (C=O) groups is 1. The third-order valence-electron chi connectivity index (χ3n) is 2.33. The van der Waals surface area contributed by atoms with Crippen LogP contribution < -0.4 is 5.32 Å². The van der Waals surface area contributed by atoms with E-state index in [9.17, 15) is 9.18 Å². The van der Waals surface area contributed by atoms with Crippen molar-refractivity contribution >= 4 is 17.6 Å². The Hall–Kier alpha value is -1.13. The van der Waals surface area contributed by atoms with Crippen LogP contribution in [-0.2, 0) is 4.79 Å². The smallest absolute Gasteiger partial charge is 0.311 e. The molecule has 2 N–H and O–H groups in total. The van der Waals surface area contributed by atoms with Crippen molar-refractivity contribution in [2.75, 3.05) is 13.6 Å². The summed E-state index contributed by atoms with van der Waals surface area (Å²) in [6.07, 6.45) is 0.438. The van der Waals surface area contributed by atoms with E-state index >= 15 is 0 Å². The highest BCUT2D eigenvalue weighted by atomic mass is 35.5. The van der Waals surface area contributed by atoms with Crippen LogP contribution in [0, 0.1) is 5.82 Å². The van der Waals surface area contributed by atoms with Gasteiger partial charge in [-0.25, -0.2) is 4.39 Å². The Bertz CT molecular complexity index is 384. The van der Waals surface area contributed by atoms with Gasteiger partial charge in [0, 0.05) is 0 Å². The highest BCUT2D eigenvalue weighted by Crippen LogP contribution is 2.24. The number of halogens is 2. The molecule has 0 fully saturated rings. The van der Waals surface area contributed by atoms with Crippen molar-refractivity contribution in [2.45, 2.75) is 12.3 Å². The summed E-state index contributed by atoms with van der Waals surface area (Å²) >= 11 is 5.61. The molecule has 0 bridgehead atoms. The first kappa shape index (κ1) is 12.9. The quantitative estimate of drug-likeness (QED) is 0.837. The van der Waals surface area contributed by atoms with Gasteiger partial charge in [0.1, 0.15) is 5.82 Å². The Morgan fingerprint density at radius 1 is 1.62 bits per heavy atom. The van der Waals surface area contributed by atoms with Crippen molar-refractivity contribution in [3.05, 3.63) is 34.6 Å². The molecule has 1 aromatic rings. The maximum Gasteiger partial charge on any atom is 0.311 e. The first-order chi connectivity index (χ1) is 7.56. The Balaban J connectivity index is 2.92. The summed E-state index contributed by atoms with van der Waals surface area (Å²) in [5.74, 6) is -2.13. The van der Waals surface area contributed by atoms with Crippen molar-refractivity contribution in [3.63, 3.8) is 0 Å². The number of nitrogens with one attached hydrogen (secondary N) is 1. The third kappa shape index (κ3) is 3.18. The Morgan fingerprint density at radius 2 is 2.31 bits per heavy atom. The average molecular weight is 246 g/mol. The molecule has 1 aromatic carbocycles. The van der Waals surface area contributed by atoms with E-state index in [0.29, 0.717) is 18.5 Å². The molecule has 0 heterocycles. The molecule has 0 aromatic heterocycles. The Morgan fingerprint density at radius 3 is 2.81 bits per heavy atom. The van der Waals surface area contributed by atoms with Gasteiger partial charge < -0.3 is 10.4 Å². The largest absolute Gasteiger partial charge is 0.481 e. The lowest BCUT2D eigenvalue weighted by molar-refractivity contribution is -0.138. The number of rotatable bonds is 5. The second-order valence-electron chi connectivity index (χ2n) is 3.46. The summed E-state index contributed by atoms with van der Waals surface area (Å²) in [5.41, 5.74) is 0.522. The molecule has 0 radical (unpaired) electrons. The fourth-order valence-corrected chi connectivity index (χ4v) is 1.64. The molecule has 1 unspecified atom stereocenters. The SMILES string of the molecule is CNCCC(C(=O)O)c1ccc(F)c(Cl)c1. The molecule has 3 nitrogen and oxygen atoms in total. The maximum atomic E-state index is 12.9. The van der Waals surface area contributed by atoms with E-state index in [0.717, 1.165) is 0 Å². The molecule has 16 heavy (non-hydrogen) atoms. The topological polar surface area (TPSA) is 49.3 Å². The van der Waals surface area contributed by atoms with E-state index in [2.05, 4.69) is 5.32 Å². The fourth-order valence-electron chi connectivity index (χ4n) is 1.45. The number of carboxylic acids is 1. The molecule has 0 spiro atoms. The molecule has 0 amide bonds. The van der Waals surface area contributed by atoms with Gasteiger partial charge in [0.25, 0.3) is 0 Å². The Kier molecular flexibility index (Phi) is 4.71. The lowest BCUT2D eigenvalue weighted by Gasteiger charge is -2.12. The van der Waals surface area contributed by atoms with Gasteiger partial charge in [-0.2, -0.15) is 0 Å². The molecule has 1 atom stereocenters. The minimum atomic E-state index is -0.932. The predicted octanol–water partition coefficient (Wildman–Crippen LogP) is 2.26. The summed E-state index contributed by atoms with van der Waals surface area (Å²) in [4.78, 5) is 11.0. The maximum absolute atomic E-state index is 12.9. The van der Waals surface area contributed by atoms with Crippen molar-refractivity contribution < 1.29 is 14.3 Å². The van der Waals surface area contributed by atoms with Gasteiger partial charge in [0.05, 0.1) is 10.9 Å². The highest BCUT2D eigenvalue weighted by molar-refractivity contribution is 6.30. The van der Waals surface area contributed by atoms with Gasteiger partial charge in [-0.05, 0) is 37.7 Å². The van der Waals surface area contributed by atoms with Gasteiger partial charge in [-0.1, -0.05) is 17.7 Å². The van der Waals surface area contributed by atoms with Crippen LogP contribution in [0.3, 0.4) is 0 Å². The summed E-state index contributed by atoms with van der Waals surface area (Å²) in [6, 6.07) is 4.01. The van der Waals surface area contributed by atoms with Crippen molar-refractivity contribution in [2.24, 2.45) is 0 Å². The van der Waals surface area contributed by atoms with Gasteiger partial charge in [0.2, 0.25) is 0 Å². The van der Waals surface area contributed by atoms with Crippen LogP contribution in [0.15, 0.2) is 18.2 Å². The van der Waals surface area contributed by atoms with E-state index in [-0.39, 0.29) is 5.02 Å². The zero-order chi connectivity index (χ0) is 12.1. The van der Waals surface area contributed by atoms with E-state index in [1.165, 1.54) is 18.2 Å². The first-order valence-corrected chi connectivity index (χ1v) is 5.26. The molecule has 0 aliphatic carbocycles. The molecule has 1 rings (SSSR count). The number of aliphatic carboxylic acids is 1. The molecule has 5 heteroatoms. The van der Waals surface area contributed by atoms with Crippen molar-refractivity contribution in [1.82, 2.24) is 5.32 Å². The Labute approximate surface area is 98.2 Å². The number of hydrogen-bond acceptors (Lipinski definition) is 2. The molecule has 0 saturated heterocycles. The first-order valence-electron chi connectivity index (χ1n) is 4.88. The average Bonchev–Trinajstić information content (AvgIpc) is 2.23. The van der Waals surface area contributed by atoms with Gasteiger partial charge in [-0.3, -0.25) is 4.79 Å². The molecule has 0 saturated carbocycles. The van der Waals surface area contributed by atoms with Crippen molar-refractivity contribution in [3.8, 4) is 0 Å². The van der Waals surface area contributed by atoms with Crippen molar-refractivity contribution in [1.29, 1.82) is 0 Å². The van der Waals surface area contributed by atoms with Gasteiger partial charge >= 0.3 is 5.97 Å². The van der Waals surface area contributed by atoms with Crippen LogP contribution in [-0.4, -0.2) is 24.7 Å². The van der Waals surface area contributed by atoms with Crippen LogP contribution in [0.25, 0.3) is 0 Å². The van der Waals surface area contributed by atoms with Gasteiger partial charge in [-0.15, -0.1) is 0 Å². The number of benzene rings is 1. The zero-order valence-corrected chi connectivity index (χ0v) is 9.59. The number of hydrogen-bond donors (Lipinski definition) is 2. The fraction of sp³-hybridized carbons (Fsp3) is 0.364. The number of carboxylic acid groups (broad SMARTS) is 1. The summed E-state index contributed by atoms with van der Waals surface area (Å²) < 4.78 is 12.9. The van der Waals surface area contributed by atoms with E-state index in [1.54, 1.807) is 7.05 Å². The minimum Gasteiger partial charge on any atom is -0.481 e. The lowest BCUT2D eigenvalue weighted by Crippen LogP contribution is -2.18. The van der Waals surface area contributed by atoms with E-state index in [1.807, 2.05) is 0 Å². The van der Waals surface area contributed by atoms with E-state index in [4.69, 9.17) is 16.7 Å². The zero-order valence-electron chi connectivity index (χ0n) is 8.84. The minimum absolute atomic E-state index is 0.0480. The summed E-state index contributed by atoms with van der Waals surface area (Å²) in [7, 11) is 1.75. The predicted molar refractivity (Wildman–Crippen MR) is 60.3 cm³/mol. The van der Waals surface area contributed by atoms with Gasteiger partial charge in [0.15, 0.2) is 0 Å².